The third-order valence-electron chi connectivity index (χ3n) is 3.37. The largest absolute Gasteiger partial charge is 0.384 e. The Bertz CT molecular complexity index is 840. The predicted octanol–water partition coefficient (Wildman–Crippen LogP) is 2.04. The van der Waals surface area contributed by atoms with Crippen LogP contribution in [0.15, 0.2) is 53.4 Å². The Morgan fingerprint density at radius 3 is 2.91 bits per heavy atom. The molecule has 0 fully saturated rings. The third-order valence-corrected chi connectivity index (χ3v) is 3.37. The van der Waals surface area contributed by atoms with E-state index in [0.29, 0.717) is 17.7 Å². The quantitative estimate of drug-likeness (QED) is 0.506. The van der Waals surface area contributed by atoms with Crippen LogP contribution in [-0.2, 0) is 6.54 Å². The summed E-state index contributed by atoms with van der Waals surface area (Å²) >= 11 is 0. The molecule has 0 aliphatic rings. The van der Waals surface area contributed by atoms with Gasteiger partial charge in [-0.15, -0.1) is 0 Å². The minimum absolute atomic E-state index is 0.00950. The molecule has 0 radical (unpaired) electrons. The number of carbonyl (C=O) groups excluding carboxylic acids is 1. The summed E-state index contributed by atoms with van der Waals surface area (Å²) in [5, 5.41) is 15.7. The molecule has 0 spiro atoms. The summed E-state index contributed by atoms with van der Waals surface area (Å²) in [5.74, 6) is -0.174. The number of carbonyl (C=O) groups is 1. The van der Waals surface area contributed by atoms with Crippen LogP contribution in [-0.4, -0.2) is 16.9 Å². The number of fused-ring (bicyclic) bond motifs is 1. The first-order chi connectivity index (χ1) is 10.6. The standard InChI is InChI=1S/C16H14N4O2/c17-15(18)14-3-1-2-11-6-12(4-5-13(11)14)16(21)19-7-10-8-20-22-9-10/h1-6,8-9H,7H2,(H3,17,18)(H,19,21). The second-order valence-corrected chi connectivity index (χ2v) is 4.87. The molecule has 0 saturated carbocycles. The van der Waals surface area contributed by atoms with Crippen LogP contribution >= 0.6 is 0 Å². The Hall–Kier alpha value is -3.15. The molecule has 110 valence electrons. The molecule has 0 aliphatic carbocycles. The SMILES string of the molecule is N=C(N)c1cccc2cc(C(=O)NCc3cnoc3)ccc12. The van der Waals surface area contributed by atoms with Crippen molar-refractivity contribution in [3.63, 3.8) is 0 Å². The van der Waals surface area contributed by atoms with Crippen molar-refractivity contribution in [2.45, 2.75) is 6.54 Å². The van der Waals surface area contributed by atoms with E-state index in [-0.39, 0.29) is 11.7 Å². The minimum atomic E-state index is -0.184. The zero-order chi connectivity index (χ0) is 15.5. The Labute approximate surface area is 126 Å². The van der Waals surface area contributed by atoms with Gasteiger partial charge in [-0.2, -0.15) is 0 Å². The van der Waals surface area contributed by atoms with E-state index < -0.39 is 0 Å². The maximum atomic E-state index is 12.2. The van der Waals surface area contributed by atoms with Crippen LogP contribution in [0.5, 0.6) is 0 Å². The van der Waals surface area contributed by atoms with Crippen molar-refractivity contribution in [1.82, 2.24) is 10.5 Å². The van der Waals surface area contributed by atoms with Crippen molar-refractivity contribution < 1.29 is 9.32 Å². The van der Waals surface area contributed by atoms with Crippen molar-refractivity contribution in [2.24, 2.45) is 5.73 Å². The monoisotopic (exact) mass is 294 g/mol. The van der Waals surface area contributed by atoms with E-state index in [1.54, 1.807) is 30.5 Å². The summed E-state index contributed by atoms with van der Waals surface area (Å²) in [5.41, 5.74) is 7.57. The number of amidine groups is 1. The van der Waals surface area contributed by atoms with Crippen molar-refractivity contribution in [3.8, 4) is 0 Å². The molecule has 0 aliphatic heterocycles. The molecule has 6 nitrogen and oxygen atoms in total. The summed E-state index contributed by atoms with van der Waals surface area (Å²) in [4.78, 5) is 12.2. The number of aromatic nitrogens is 1. The number of amides is 1. The number of rotatable bonds is 4. The van der Waals surface area contributed by atoms with Crippen molar-refractivity contribution >= 4 is 22.5 Å². The lowest BCUT2D eigenvalue weighted by atomic mass is 10.0. The maximum absolute atomic E-state index is 12.2. The molecule has 1 aromatic heterocycles. The summed E-state index contributed by atoms with van der Waals surface area (Å²) < 4.78 is 4.71. The van der Waals surface area contributed by atoms with E-state index in [1.165, 1.54) is 6.26 Å². The normalized spacial score (nSPS) is 10.5. The number of nitrogens with one attached hydrogen (secondary N) is 2. The summed E-state index contributed by atoms with van der Waals surface area (Å²) in [6.45, 7) is 0.355. The smallest absolute Gasteiger partial charge is 0.251 e. The predicted molar refractivity (Wildman–Crippen MR) is 82.6 cm³/mol. The minimum Gasteiger partial charge on any atom is -0.384 e. The van der Waals surface area contributed by atoms with Crippen LogP contribution < -0.4 is 11.1 Å². The first kappa shape index (κ1) is 13.8. The van der Waals surface area contributed by atoms with Crippen LogP contribution in [0.3, 0.4) is 0 Å². The Balaban J connectivity index is 1.85. The first-order valence-electron chi connectivity index (χ1n) is 6.69. The van der Waals surface area contributed by atoms with Crippen LogP contribution in [0.2, 0.25) is 0 Å². The maximum Gasteiger partial charge on any atom is 0.251 e. The van der Waals surface area contributed by atoms with Gasteiger partial charge in [-0.25, -0.2) is 0 Å². The van der Waals surface area contributed by atoms with Gasteiger partial charge in [-0.3, -0.25) is 10.2 Å². The van der Waals surface area contributed by atoms with Gasteiger partial charge >= 0.3 is 0 Å². The highest BCUT2D eigenvalue weighted by Gasteiger charge is 2.09. The molecule has 1 heterocycles. The molecule has 1 amide bonds. The fourth-order valence-electron chi connectivity index (χ4n) is 2.26. The van der Waals surface area contributed by atoms with Gasteiger partial charge in [0.15, 0.2) is 0 Å². The number of hydrogen-bond donors (Lipinski definition) is 3. The lowest BCUT2D eigenvalue weighted by Gasteiger charge is -2.08. The Morgan fingerprint density at radius 2 is 2.18 bits per heavy atom. The molecular weight excluding hydrogens is 280 g/mol. The third kappa shape index (κ3) is 2.67. The van der Waals surface area contributed by atoms with E-state index in [4.69, 9.17) is 15.7 Å². The van der Waals surface area contributed by atoms with Gasteiger partial charge in [-0.1, -0.05) is 29.4 Å². The van der Waals surface area contributed by atoms with Crippen LogP contribution in [0, 0.1) is 5.41 Å². The fraction of sp³-hybridized carbons (Fsp3) is 0.0625. The van der Waals surface area contributed by atoms with Crippen LogP contribution in [0.25, 0.3) is 10.8 Å². The average Bonchev–Trinajstić information content (AvgIpc) is 3.04. The van der Waals surface area contributed by atoms with Gasteiger partial charge in [0.25, 0.3) is 5.91 Å². The number of nitrogens with two attached hydrogens (primary N) is 1. The molecule has 3 rings (SSSR count). The van der Waals surface area contributed by atoms with E-state index in [1.807, 2.05) is 12.1 Å². The zero-order valence-electron chi connectivity index (χ0n) is 11.7. The molecule has 4 N–H and O–H groups in total. The van der Waals surface area contributed by atoms with Gasteiger partial charge in [0.05, 0.1) is 6.20 Å². The number of benzene rings is 2. The second kappa shape index (κ2) is 5.69. The molecule has 6 heteroatoms. The van der Waals surface area contributed by atoms with Crippen molar-refractivity contribution in [3.05, 3.63) is 65.5 Å². The lowest BCUT2D eigenvalue weighted by molar-refractivity contribution is 0.0951. The number of hydrogen-bond acceptors (Lipinski definition) is 4. The highest BCUT2D eigenvalue weighted by Crippen LogP contribution is 2.20. The van der Waals surface area contributed by atoms with E-state index in [0.717, 1.165) is 16.3 Å². The number of nitrogens with zero attached hydrogens (tertiary/aromatic N) is 1. The zero-order valence-corrected chi connectivity index (χ0v) is 11.7. The second-order valence-electron chi connectivity index (χ2n) is 4.87. The molecular formula is C16H14N4O2. The van der Waals surface area contributed by atoms with Crippen LogP contribution in [0.4, 0.5) is 0 Å². The van der Waals surface area contributed by atoms with Crippen molar-refractivity contribution in [2.75, 3.05) is 0 Å². The lowest BCUT2D eigenvalue weighted by Crippen LogP contribution is -2.22. The summed E-state index contributed by atoms with van der Waals surface area (Å²) in [7, 11) is 0. The molecule has 2 aromatic carbocycles. The van der Waals surface area contributed by atoms with Gasteiger partial charge in [0, 0.05) is 23.2 Å². The van der Waals surface area contributed by atoms with Gasteiger partial charge in [0.1, 0.15) is 12.1 Å². The van der Waals surface area contributed by atoms with E-state index in [9.17, 15) is 4.79 Å². The average molecular weight is 294 g/mol. The summed E-state index contributed by atoms with van der Waals surface area (Å²) in [6.07, 6.45) is 3.04. The highest BCUT2D eigenvalue weighted by molar-refractivity contribution is 6.09. The molecule has 0 unspecified atom stereocenters. The van der Waals surface area contributed by atoms with E-state index in [2.05, 4.69) is 10.5 Å². The molecule has 0 atom stereocenters. The molecule has 22 heavy (non-hydrogen) atoms. The first-order valence-corrected chi connectivity index (χ1v) is 6.69. The van der Waals surface area contributed by atoms with Crippen LogP contribution in [0.1, 0.15) is 21.5 Å². The van der Waals surface area contributed by atoms with Gasteiger partial charge in [0.2, 0.25) is 0 Å². The highest BCUT2D eigenvalue weighted by atomic mass is 16.5. The van der Waals surface area contributed by atoms with Gasteiger partial charge in [-0.05, 0) is 22.9 Å². The molecule has 0 saturated heterocycles. The summed E-state index contributed by atoms with van der Waals surface area (Å²) in [6, 6.07) is 10.8. The fourth-order valence-corrected chi connectivity index (χ4v) is 2.26. The topological polar surface area (TPSA) is 105 Å². The molecule has 0 bridgehead atoms. The number of nitrogen functional groups attached to an aromatic ring is 1. The van der Waals surface area contributed by atoms with E-state index >= 15 is 0 Å². The molecule has 3 aromatic rings. The van der Waals surface area contributed by atoms with Crippen molar-refractivity contribution in [1.29, 1.82) is 5.41 Å². The Morgan fingerprint density at radius 1 is 1.32 bits per heavy atom. The van der Waals surface area contributed by atoms with Gasteiger partial charge < -0.3 is 15.6 Å². The Kier molecular flexibility index (Phi) is 3.57.